The van der Waals surface area contributed by atoms with Gasteiger partial charge in [0.2, 0.25) is 13.6 Å². The summed E-state index contributed by atoms with van der Waals surface area (Å²) in [6.45, 7) is 0.365. The summed E-state index contributed by atoms with van der Waals surface area (Å²) in [5.74, 6) is 2.59. The van der Waals surface area contributed by atoms with Crippen LogP contribution >= 0.6 is 0 Å². The fourth-order valence-electron chi connectivity index (χ4n) is 3.18. The molecule has 1 N–H and O–H groups in total. The monoisotopic (exact) mass is 378 g/mol. The minimum atomic E-state index is -1.05. The Morgan fingerprint density at radius 1 is 0.821 bits per heavy atom. The summed E-state index contributed by atoms with van der Waals surface area (Å²) in [4.78, 5) is 10.9. The molecule has 1 aromatic heterocycles. The highest BCUT2D eigenvalue weighted by molar-refractivity contribution is 5.87. The third kappa shape index (κ3) is 2.83. The maximum absolute atomic E-state index is 10.9. The molecule has 3 aromatic rings. The van der Waals surface area contributed by atoms with E-state index in [9.17, 15) is 4.79 Å². The van der Waals surface area contributed by atoms with Gasteiger partial charge < -0.3 is 28.5 Å². The van der Waals surface area contributed by atoms with Gasteiger partial charge in [0.25, 0.3) is 0 Å². The second-order valence-corrected chi connectivity index (χ2v) is 6.20. The highest BCUT2D eigenvalue weighted by Gasteiger charge is 2.21. The lowest BCUT2D eigenvalue weighted by molar-refractivity contribution is -0.131. The van der Waals surface area contributed by atoms with Crippen molar-refractivity contribution in [2.45, 2.75) is 0 Å². The van der Waals surface area contributed by atoms with E-state index in [-0.39, 0.29) is 13.6 Å². The summed E-state index contributed by atoms with van der Waals surface area (Å²) < 4.78 is 27.6. The average Bonchev–Trinajstić information content (AvgIpc) is 3.43. The summed E-state index contributed by atoms with van der Waals surface area (Å²) in [5.41, 5.74) is 2.43. The number of hydrogen-bond acceptors (Lipinski definition) is 6. The largest absolute Gasteiger partial charge is 0.478 e. The molecule has 0 amide bonds. The normalized spacial score (nSPS) is 14.0. The Morgan fingerprint density at radius 3 is 2.11 bits per heavy atom. The molecule has 0 saturated heterocycles. The molecule has 0 saturated carbocycles. The first-order chi connectivity index (χ1) is 13.7. The summed E-state index contributed by atoms with van der Waals surface area (Å²) in [5, 5.41) is 8.91. The van der Waals surface area contributed by atoms with Gasteiger partial charge in [0, 0.05) is 17.2 Å². The molecule has 2 aliphatic heterocycles. The van der Waals surface area contributed by atoms with Gasteiger partial charge in [-0.05, 0) is 48.0 Å². The zero-order chi connectivity index (χ0) is 19.1. The number of furan rings is 1. The quantitative estimate of drug-likeness (QED) is 0.682. The van der Waals surface area contributed by atoms with Gasteiger partial charge in [0.05, 0.1) is 0 Å². The Kier molecular flexibility index (Phi) is 3.72. The Hall–Kier alpha value is -3.87. The third-order valence-electron chi connectivity index (χ3n) is 4.46. The van der Waals surface area contributed by atoms with Gasteiger partial charge in [-0.1, -0.05) is 6.07 Å². The average molecular weight is 378 g/mol. The molecule has 0 atom stereocenters. The lowest BCUT2D eigenvalue weighted by Gasteiger charge is -2.05. The SMILES string of the molecule is O=C(O)/C=C/c1cc(-c2ccc3c(c2)OCO3)c(-c2ccc3c(c2)OCO3)o1. The maximum atomic E-state index is 10.9. The summed E-state index contributed by atoms with van der Waals surface area (Å²) >= 11 is 0. The Bertz CT molecular complexity index is 1030. The van der Waals surface area contributed by atoms with E-state index in [1.807, 2.05) is 36.4 Å². The molecule has 3 heterocycles. The molecule has 2 aliphatic rings. The van der Waals surface area contributed by atoms with Gasteiger partial charge >= 0.3 is 5.97 Å². The van der Waals surface area contributed by atoms with Gasteiger partial charge in [-0.15, -0.1) is 0 Å². The molecule has 2 aromatic carbocycles. The number of hydrogen-bond donors (Lipinski definition) is 1. The van der Waals surface area contributed by atoms with Crippen LogP contribution in [0.2, 0.25) is 0 Å². The van der Waals surface area contributed by atoms with Crippen LogP contribution in [0.3, 0.4) is 0 Å². The van der Waals surface area contributed by atoms with Crippen molar-refractivity contribution < 1.29 is 33.3 Å². The number of fused-ring (bicyclic) bond motifs is 2. The molecular weight excluding hydrogens is 364 g/mol. The van der Waals surface area contributed by atoms with E-state index in [2.05, 4.69) is 0 Å². The van der Waals surface area contributed by atoms with Crippen LogP contribution in [0.1, 0.15) is 5.76 Å². The second-order valence-electron chi connectivity index (χ2n) is 6.20. The van der Waals surface area contributed by atoms with Crippen LogP contribution in [0.25, 0.3) is 28.5 Å². The van der Waals surface area contributed by atoms with Crippen molar-refractivity contribution in [3.63, 3.8) is 0 Å². The molecule has 5 rings (SSSR count). The van der Waals surface area contributed by atoms with Crippen LogP contribution in [-0.2, 0) is 4.79 Å². The summed E-state index contributed by atoms with van der Waals surface area (Å²) in [7, 11) is 0. The van der Waals surface area contributed by atoms with Crippen LogP contribution in [0.15, 0.2) is 53.0 Å². The van der Waals surface area contributed by atoms with Crippen LogP contribution in [-0.4, -0.2) is 24.7 Å². The van der Waals surface area contributed by atoms with E-state index in [1.165, 1.54) is 6.08 Å². The number of carboxylic acids is 1. The van der Waals surface area contributed by atoms with Crippen molar-refractivity contribution in [2.75, 3.05) is 13.6 Å². The van der Waals surface area contributed by atoms with Crippen molar-refractivity contribution in [3.8, 4) is 45.4 Å². The molecular formula is C21H14O7. The van der Waals surface area contributed by atoms with Crippen molar-refractivity contribution in [1.82, 2.24) is 0 Å². The van der Waals surface area contributed by atoms with Crippen molar-refractivity contribution in [1.29, 1.82) is 0 Å². The Labute approximate surface area is 159 Å². The lowest BCUT2D eigenvalue weighted by Crippen LogP contribution is -1.92. The van der Waals surface area contributed by atoms with Crippen LogP contribution in [0, 0.1) is 0 Å². The number of aliphatic carboxylic acids is 1. The Morgan fingerprint density at radius 2 is 1.43 bits per heavy atom. The fourth-order valence-corrected chi connectivity index (χ4v) is 3.18. The molecule has 7 heteroatoms. The van der Waals surface area contributed by atoms with E-state index in [1.54, 1.807) is 6.07 Å². The van der Waals surface area contributed by atoms with Gasteiger partial charge in [-0.2, -0.15) is 0 Å². The van der Waals surface area contributed by atoms with E-state index in [4.69, 9.17) is 28.5 Å². The molecule has 0 unspecified atom stereocenters. The highest BCUT2D eigenvalue weighted by atomic mass is 16.7. The number of carbonyl (C=O) groups is 1. The van der Waals surface area contributed by atoms with Crippen molar-refractivity contribution in [3.05, 3.63) is 54.3 Å². The minimum absolute atomic E-state index is 0.179. The first-order valence-electron chi connectivity index (χ1n) is 8.52. The molecule has 0 spiro atoms. The molecule has 0 radical (unpaired) electrons. The number of carboxylic acid groups (broad SMARTS) is 1. The summed E-state index contributed by atoms with van der Waals surface area (Å²) in [6.07, 6.45) is 2.45. The van der Waals surface area contributed by atoms with Gasteiger partial charge in [-0.3, -0.25) is 0 Å². The van der Waals surface area contributed by atoms with Crippen LogP contribution in [0.4, 0.5) is 0 Å². The van der Waals surface area contributed by atoms with E-state index < -0.39 is 5.97 Å². The number of benzene rings is 2. The minimum Gasteiger partial charge on any atom is -0.478 e. The van der Waals surface area contributed by atoms with Gasteiger partial charge in [-0.25, -0.2) is 4.79 Å². The zero-order valence-electron chi connectivity index (χ0n) is 14.5. The molecule has 0 bridgehead atoms. The number of ether oxygens (including phenoxy) is 4. The van der Waals surface area contributed by atoms with Crippen LogP contribution < -0.4 is 18.9 Å². The molecule has 28 heavy (non-hydrogen) atoms. The molecule has 0 fully saturated rings. The Balaban J connectivity index is 1.63. The predicted octanol–water partition coefficient (Wildman–Crippen LogP) is 4.17. The van der Waals surface area contributed by atoms with E-state index in [0.29, 0.717) is 34.5 Å². The smallest absolute Gasteiger partial charge is 0.328 e. The van der Waals surface area contributed by atoms with Crippen molar-refractivity contribution >= 4 is 12.0 Å². The fraction of sp³-hybridized carbons (Fsp3) is 0.0952. The highest BCUT2D eigenvalue weighted by Crippen LogP contribution is 2.43. The van der Waals surface area contributed by atoms with E-state index >= 15 is 0 Å². The standard InChI is InChI=1S/C21H14O7/c22-20(23)6-3-14-9-15(12-1-4-16-18(7-12)26-10-24-16)21(28-14)13-2-5-17-19(8-13)27-11-25-17/h1-9H,10-11H2,(H,22,23)/b6-3+. The van der Waals surface area contributed by atoms with Gasteiger partial charge in [0.15, 0.2) is 23.0 Å². The van der Waals surface area contributed by atoms with Crippen LogP contribution in [0.5, 0.6) is 23.0 Å². The first-order valence-corrected chi connectivity index (χ1v) is 8.52. The predicted molar refractivity (Wildman–Crippen MR) is 98.5 cm³/mol. The lowest BCUT2D eigenvalue weighted by atomic mass is 10.0. The molecule has 140 valence electrons. The summed E-state index contributed by atoms with van der Waals surface area (Å²) in [6, 6.07) is 12.9. The zero-order valence-corrected chi connectivity index (χ0v) is 14.5. The maximum Gasteiger partial charge on any atom is 0.328 e. The second kappa shape index (κ2) is 6.38. The molecule has 7 nitrogen and oxygen atoms in total. The van der Waals surface area contributed by atoms with E-state index in [0.717, 1.165) is 22.8 Å². The number of rotatable bonds is 4. The molecule has 0 aliphatic carbocycles. The third-order valence-corrected chi connectivity index (χ3v) is 4.46. The first kappa shape index (κ1) is 16.3. The topological polar surface area (TPSA) is 87.4 Å². The van der Waals surface area contributed by atoms with Crippen molar-refractivity contribution in [2.24, 2.45) is 0 Å². The van der Waals surface area contributed by atoms with Gasteiger partial charge in [0.1, 0.15) is 11.5 Å².